The van der Waals surface area contributed by atoms with E-state index in [4.69, 9.17) is 4.74 Å². The number of aryl methyl sites for hydroxylation is 2. The van der Waals surface area contributed by atoms with Gasteiger partial charge in [0.15, 0.2) is 0 Å². The predicted molar refractivity (Wildman–Crippen MR) is 118 cm³/mol. The number of rotatable bonds is 9. The Balaban J connectivity index is 1.64. The highest BCUT2D eigenvalue weighted by Crippen LogP contribution is 2.15. The van der Waals surface area contributed by atoms with Crippen molar-refractivity contribution in [3.63, 3.8) is 0 Å². The van der Waals surface area contributed by atoms with Crippen molar-refractivity contribution >= 4 is 0 Å². The molecule has 3 aromatic rings. The van der Waals surface area contributed by atoms with Crippen LogP contribution in [-0.4, -0.2) is 25.1 Å². The molecule has 0 radical (unpaired) electrons. The molecular weight excluding hydrogens is 342 g/mol. The average molecular weight is 374 g/mol. The predicted octanol–water partition coefficient (Wildman–Crippen LogP) is 5.60. The molecule has 0 saturated carbocycles. The highest BCUT2D eigenvalue weighted by Gasteiger charge is 2.08. The number of hydrogen-bond donors (Lipinski definition) is 0. The highest BCUT2D eigenvalue weighted by molar-refractivity contribution is 5.27. The van der Waals surface area contributed by atoms with E-state index in [2.05, 4.69) is 79.4 Å². The maximum Gasteiger partial charge on any atom is 0.118 e. The summed E-state index contributed by atoms with van der Waals surface area (Å²) in [5.74, 6) is 0.912. The number of nitrogens with zero attached hydrogens (tertiary/aromatic N) is 1. The van der Waals surface area contributed by atoms with Crippen LogP contribution < -0.4 is 4.74 Å². The monoisotopic (exact) mass is 373 g/mol. The van der Waals surface area contributed by atoms with E-state index in [9.17, 15) is 0 Å². The molecule has 0 aliphatic carbocycles. The molecule has 0 N–H and O–H groups in total. The molecule has 0 aromatic heterocycles. The Bertz CT molecular complexity index is 786. The van der Waals surface area contributed by atoms with Crippen LogP contribution in [0.5, 0.6) is 5.75 Å². The van der Waals surface area contributed by atoms with Crippen molar-refractivity contribution in [1.29, 1.82) is 0 Å². The summed E-state index contributed by atoms with van der Waals surface area (Å²) in [5, 5.41) is 0. The van der Waals surface area contributed by atoms with Crippen molar-refractivity contribution in [2.75, 3.05) is 20.2 Å². The van der Waals surface area contributed by atoms with Crippen LogP contribution in [0.15, 0.2) is 72.8 Å². The van der Waals surface area contributed by atoms with E-state index in [1.165, 1.54) is 27.8 Å². The van der Waals surface area contributed by atoms with E-state index in [1.807, 2.05) is 12.1 Å². The minimum atomic E-state index is 0.912. The van der Waals surface area contributed by atoms with Gasteiger partial charge in [-0.05, 0) is 55.5 Å². The first-order chi connectivity index (χ1) is 13.6. The maximum absolute atomic E-state index is 5.29. The Morgan fingerprint density at radius 2 is 1.04 bits per heavy atom. The van der Waals surface area contributed by atoms with Crippen LogP contribution in [0.2, 0.25) is 0 Å². The first-order valence-electron chi connectivity index (χ1n) is 10.1. The lowest BCUT2D eigenvalue weighted by Crippen LogP contribution is -2.28. The van der Waals surface area contributed by atoms with Crippen LogP contribution in [0.3, 0.4) is 0 Å². The number of methoxy groups -OCH3 is 1. The molecule has 0 heterocycles. The third-order valence-corrected chi connectivity index (χ3v) is 5.24. The average Bonchev–Trinajstić information content (AvgIpc) is 2.73. The summed E-state index contributed by atoms with van der Waals surface area (Å²) >= 11 is 0. The largest absolute Gasteiger partial charge is 0.497 e. The number of ether oxygens (including phenoxy) is 1. The first kappa shape index (κ1) is 20.2. The fourth-order valence-electron chi connectivity index (χ4n) is 3.34. The molecule has 0 atom stereocenters. The normalized spacial score (nSPS) is 11.0. The van der Waals surface area contributed by atoms with Gasteiger partial charge < -0.3 is 4.74 Å². The summed E-state index contributed by atoms with van der Waals surface area (Å²) in [4.78, 5) is 2.56. The van der Waals surface area contributed by atoms with Crippen molar-refractivity contribution in [2.24, 2.45) is 0 Å². The molecule has 2 nitrogen and oxygen atoms in total. The van der Waals surface area contributed by atoms with Gasteiger partial charge in [-0.2, -0.15) is 0 Å². The molecule has 146 valence electrons. The standard InChI is InChI=1S/C26H31NO/c1-21-4-8-23(9-5-21)16-18-27(19-17-24-10-6-22(2)7-11-24)20-25-12-14-26(28-3)15-13-25/h4-15H,16-20H2,1-3H3. The molecule has 3 aromatic carbocycles. The Hall–Kier alpha value is -2.58. The van der Waals surface area contributed by atoms with Crippen molar-refractivity contribution in [1.82, 2.24) is 4.90 Å². The van der Waals surface area contributed by atoms with Crippen LogP contribution >= 0.6 is 0 Å². The Kier molecular flexibility index (Phi) is 7.27. The molecule has 0 fully saturated rings. The van der Waals surface area contributed by atoms with Gasteiger partial charge in [-0.25, -0.2) is 0 Å². The van der Waals surface area contributed by atoms with Gasteiger partial charge in [0.05, 0.1) is 7.11 Å². The molecule has 0 amide bonds. The summed E-state index contributed by atoms with van der Waals surface area (Å²) in [6, 6.07) is 26.3. The highest BCUT2D eigenvalue weighted by atomic mass is 16.5. The zero-order valence-electron chi connectivity index (χ0n) is 17.3. The Morgan fingerprint density at radius 3 is 1.46 bits per heavy atom. The van der Waals surface area contributed by atoms with Crippen molar-refractivity contribution < 1.29 is 4.74 Å². The Morgan fingerprint density at radius 1 is 0.607 bits per heavy atom. The van der Waals surface area contributed by atoms with Gasteiger partial charge in [0.25, 0.3) is 0 Å². The summed E-state index contributed by atoms with van der Waals surface area (Å²) in [6.07, 6.45) is 2.15. The van der Waals surface area contributed by atoms with Crippen molar-refractivity contribution in [3.05, 3.63) is 101 Å². The molecule has 0 aliphatic rings. The summed E-state index contributed by atoms with van der Waals surface area (Å²) in [6.45, 7) is 7.35. The molecule has 2 heteroatoms. The zero-order valence-corrected chi connectivity index (χ0v) is 17.3. The molecule has 0 aliphatic heterocycles. The van der Waals surface area contributed by atoms with Gasteiger partial charge in [-0.1, -0.05) is 71.8 Å². The van der Waals surface area contributed by atoms with Crippen LogP contribution in [0, 0.1) is 13.8 Å². The smallest absolute Gasteiger partial charge is 0.118 e. The van der Waals surface area contributed by atoms with E-state index in [-0.39, 0.29) is 0 Å². The quantitative estimate of drug-likeness (QED) is 0.484. The van der Waals surface area contributed by atoms with Crippen molar-refractivity contribution in [3.8, 4) is 5.75 Å². The molecular formula is C26H31NO. The second-order valence-corrected chi connectivity index (χ2v) is 7.60. The second-order valence-electron chi connectivity index (χ2n) is 7.60. The van der Waals surface area contributed by atoms with E-state index in [0.29, 0.717) is 0 Å². The second kappa shape index (κ2) is 10.1. The minimum Gasteiger partial charge on any atom is -0.497 e. The SMILES string of the molecule is COc1ccc(CN(CCc2ccc(C)cc2)CCc2ccc(C)cc2)cc1. The first-order valence-corrected chi connectivity index (χ1v) is 10.1. The lowest BCUT2D eigenvalue weighted by atomic mass is 10.1. The van der Waals surface area contributed by atoms with Crippen LogP contribution in [-0.2, 0) is 19.4 Å². The molecule has 0 bridgehead atoms. The summed E-state index contributed by atoms with van der Waals surface area (Å²) < 4.78 is 5.29. The third kappa shape index (κ3) is 6.24. The molecule has 0 unspecified atom stereocenters. The minimum absolute atomic E-state index is 0.912. The van der Waals surface area contributed by atoms with Crippen molar-refractivity contribution in [2.45, 2.75) is 33.2 Å². The third-order valence-electron chi connectivity index (χ3n) is 5.24. The molecule has 3 rings (SSSR count). The van der Waals surface area contributed by atoms with E-state index in [1.54, 1.807) is 7.11 Å². The molecule has 0 saturated heterocycles. The van der Waals surface area contributed by atoms with E-state index in [0.717, 1.165) is 38.2 Å². The van der Waals surface area contributed by atoms with Crippen LogP contribution in [0.1, 0.15) is 27.8 Å². The van der Waals surface area contributed by atoms with E-state index >= 15 is 0 Å². The van der Waals surface area contributed by atoms with Gasteiger partial charge in [0.1, 0.15) is 5.75 Å². The van der Waals surface area contributed by atoms with Gasteiger partial charge in [-0.15, -0.1) is 0 Å². The van der Waals surface area contributed by atoms with Gasteiger partial charge in [0, 0.05) is 19.6 Å². The summed E-state index contributed by atoms with van der Waals surface area (Å²) in [5.41, 5.74) is 6.77. The van der Waals surface area contributed by atoms with Crippen LogP contribution in [0.4, 0.5) is 0 Å². The molecule has 28 heavy (non-hydrogen) atoms. The van der Waals surface area contributed by atoms with Gasteiger partial charge >= 0.3 is 0 Å². The van der Waals surface area contributed by atoms with Gasteiger partial charge in [-0.3, -0.25) is 4.90 Å². The number of hydrogen-bond acceptors (Lipinski definition) is 2. The summed E-state index contributed by atoms with van der Waals surface area (Å²) in [7, 11) is 1.71. The number of benzene rings is 3. The molecule has 0 spiro atoms. The fourth-order valence-corrected chi connectivity index (χ4v) is 3.34. The van der Waals surface area contributed by atoms with E-state index < -0.39 is 0 Å². The lowest BCUT2D eigenvalue weighted by Gasteiger charge is -2.23. The zero-order chi connectivity index (χ0) is 19.8. The maximum atomic E-state index is 5.29. The lowest BCUT2D eigenvalue weighted by molar-refractivity contribution is 0.272. The topological polar surface area (TPSA) is 12.5 Å². The fraction of sp³-hybridized carbons (Fsp3) is 0.308. The van der Waals surface area contributed by atoms with Crippen LogP contribution in [0.25, 0.3) is 0 Å². The Labute approximate surface area is 169 Å². The van der Waals surface area contributed by atoms with Gasteiger partial charge in [0.2, 0.25) is 0 Å².